The summed E-state index contributed by atoms with van der Waals surface area (Å²) in [5.74, 6) is 0.686. The molecule has 410 valence electrons. The average Bonchev–Trinajstić information content (AvgIpc) is 0.613. The summed E-state index contributed by atoms with van der Waals surface area (Å²) in [5.41, 5.74) is 15.3. The van der Waals surface area contributed by atoms with Crippen molar-refractivity contribution in [1.82, 2.24) is 0 Å². The number of rotatable bonds is 0. The van der Waals surface area contributed by atoms with E-state index in [9.17, 15) is 0 Å². The topological polar surface area (TPSA) is 0 Å². The largest absolute Gasteiger partial charge is 0.0761 e. The van der Waals surface area contributed by atoms with Crippen LogP contribution in [0.25, 0.3) is 292 Å². The van der Waals surface area contributed by atoms with Crippen molar-refractivity contribution in [3.8, 4) is 22.3 Å². The summed E-state index contributed by atoms with van der Waals surface area (Å²) in [5, 5.41) is 74.1. The van der Waals surface area contributed by atoms with Crippen molar-refractivity contribution in [1.29, 1.82) is 0 Å². The predicted molar refractivity (Wildman–Crippen MR) is 401 cm³/mol. The second-order valence-corrected chi connectivity index (χ2v) is 30.8. The van der Waals surface area contributed by atoms with Gasteiger partial charge in [0.1, 0.15) is 0 Å². The Morgan fingerprint density at radius 1 is 0.170 bits per heavy atom. The third-order valence-corrected chi connectivity index (χ3v) is 28.4. The Balaban J connectivity index is 1.01. The van der Waals surface area contributed by atoms with Gasteiger partial charge in [-0.1, -0.05) is 170 Å². The van der Waals surface area contributed by atoms with Crippen LogP contribution < -0.4 is 0 Å². The lowest BCUT2D eigenvalue weighted by atomic mass is 9.54. The first kappa shape index (κ1) is 41.6. The molecule has 0 fully saturated rings. The van der Waals surface area contributed by atoms with Gasteiger partial charge in [0.15, 0.2) is 0 Å². The van der Waals surface area contributed by atoms with E-state index >= 15 is 0 Å². The van der Waals surface area contributed by atoms with Crippen molar-refractivity contribution in [2.75, 3.05) is 0 Å². The lowest BCUT2D eigenvalue weighted by Gasteiger charge is -2.48. The van der Waals surface area contributed by atoms with E-state index < -0.39 is 0 Å². The van der Waals surface area contributed by atoms with Crippen LogP contribution >= 0.6 is 0 Å². The molecule has 0 aliphatic heterocycles. The summed E-state index contributed by atoms with van der Waals surface area (Å²) < 4.78 is 0. The normalized spacial score (nSPS) is 19.0. The average molecular weight is 1160 g/mol. The zero-order valence-electron chi connectivity index (χ0n) is 49.6. The Morgan fingerprint density at radius 3 is 1.28 bits per heavy atom. The van der Waals surface area contributed by atoms with Gasteiger partial charge in [-0.15, -0.1) is 0 Å². The molecule has 0 N–H and O–H groups in total. The first-order chi connectivity index (χ1) is 46.8. The van der Waals surface area contributed by atoms with E-state index in [4.69, 9.17) is 0 Å². The first-order valence-corrected chi connectivity index (χ1v) is 34.4. The fourth-order valence-corrected chi connectivity index (χ4v) is 26.3. The van der Waals surface area contributed by atoms with Crippen LogP contribution in [0.3, 0.4) is 0 Å². The minimum Gasteiger partial charge on any atom is -0.0761 e. The zero-order chi connectivity index (χ0) is 58.2. The van der Waals surface area contributed by atoms with Crippen molar-refractivity contribution in [3.63, 3.8) is 0 Å². The molecule has 4 atom stereocenters. The van der Waals surface area contributed by atoms with Crippen molar-refractivity contribution < 1.29 is 0 Å². The van der Waals surface area contributed by atoms with Gasteiger partial charge in [-0.05, 0) is 337 Å². The molecular formula is C94H34. The molecule has 4 unspecified atom stereocenters. The predicted octanol–water partition coefficient (Wildman–Crippen LogP) is 26.1. The Labute approximate surface area is 527 Å². The summed E-state index contributed by atoms with van der Waals surface area (Å²) in [6, 6.07) is 65.4. The fraction of sp³-hybridized carbons (Fsp3) is 0.0426. The Morgan fingerprint density at radius 2 is 0.553 bits per heavy atom. The second kappa shape index (κ2) is 11.9. The van der Waals surface area contributed by atoms with Crippen LogP contribution in [-0.2, 0) is 0 Å². The van der Waals surface area contributed by atoms with Crippen molar-refractivity contribution >= 4 is 269 Å². The van der Waals surface area contributed by atoms with Gasteiger partial charge in [0.2, 0.25) is 0 Å². The molecule has 6 aliphatic carbocycles. The van der Waals surface area contributed by atoms with E-state index in [1.165, 1.54) is 238 Å². The van der Waals surface area contributed by atoms with E-state index in [1.54, 1.807) is 87.1 Å². The molecule has 0 heteroatoms. The summed E-state index contributed by atoms with van der Waals surface area (Å²) in [4.78, 5) is 0. The maximum atomic E-state index is 2.67. The molecule has 0 aromatic heterocycles. The lowest BCUT2D eigenvalue weighted by molar-refractivity contribution is 0.700. The molecule has 94 heavy (non-hydrogen) atoms. The van der Waals surface area contributed by atoms with Crippen LogP contribution in [0.1, 0.15) is 57.1 Å². The van der Waals surface area contributed by atoms with Crippen molar-refractivity contribution in [3.05, 3.63) is 215 Å². The van der Waals surface area contributed by atoms with E-state index in [1.807, 2.05) is 0 Å². The monoisotopic (exact) mass is 1160 g/mol. The van der Waals surface area contributed by atoms with Crippen LogP contribution in [0.15, 0.2) is 182 Å². The zero-order valence-corrected chi connectivity index (χ0v) is 49.6. The van der Waals surface area contributed by atoms with Gasteiger partial charge in [0.25, 0.3) is 0 Å². The second-order valence-electron chi connectivity index (χ2n) is 30.8. The molecule has 0 radical (unpaired) electrons. The van der Waals surface area contributed by atoms with Crippen LogP contribution in [0.4, 0.5) is 0 Å². The highest BCUT2D eigenvalue weighted by Crippen LogP contribution is 2.76. The highest BCUT2D eigenvalue weighted by Gasteiger charge is 2.52. The summed E-state index contributed by atoms with van der Waals surface area (Å²) >= 11 is 0. The van der Waals surface area contributed by atoms with E-state index in [0.717, 1.165) is 0 Å². The minimum atomic E-state index is 0.107. The molecule has 0 bridgehead atoms. The van der Waals surface area contributed by atoms with Gasteiger partial charge < -0.3 is 0 Å². The number of allylic oxidation sites excluding steroid dienone is 4. The molecular weight excluding hydrogens is 1130 g/mol. The van der Waals surface area contributed by atoms with Crippen LogP contribution in [-0.4, -0.2) is 0 Å². The maximum Gasteiger partial charge on any atom is 0.0225 e. The summed E-state index contributed by atoms with van der Waals surface area (Å²) in [7, 11) is 0. The molecule has 6 aliphatic rings. The quantitative estimate of drug-likeness (QED) is 0.105. The fourth-order valence-electron chi connectivity index (χ4n) is 26.3. The van der Waals surface area contributed by atoms with Crippen LogP contribution in [0.2, 0.25) is 0 Å². The van der Waals surface area contributed by atoms with Crippen LogP contribution in [0, 0.1) is 0 Å². The van der Waals surface area contributed by atoms with E-state index in [2.05, 4.69) is 182 Å². The molecule has 0 saturated carbocycles. The van der Waals surface area contributed by atoms with Crippen molar-refractivity contribution in [2.45, 2.75) is 23.7 Å². The molecule has 0 saturated heterocycles. The standard InChI is InChI=1S/C94H34/c1-3-13-35-33(11-1)41-21-23-45-47-27-25-43-37-15-8-18-40-52-30-32-10-6-20-50-54(32)70-68(52)82-74(56(37)40)75-61(43)65(47)79-77-63(45)59(41)71-57(35)49-19-5-9-31-29-51-39-17-7-16-38-44-26-28-48-46-24-22-42-34-12-2-4-14-36(34)58(50)72-60(42)64(46)78-80-66(48)62(44)76-73(55(38)39)81-67(51)69(53(31)49)83(71)87(77)91(81)93-86(76)90(80)94(85(75)89(79)93)92(82)88(78)84(70)72/h1-30,33,35,74-75H. The summed E-state index contributed by atoms with van der Waals surface area (Å²) in [6.45, 7) is 0. The summed E-state index contributed by atoms with van der Waals surface area (Å²) in [6.07, 6.45) is 9.85. The maximum absolute atomic E-state index is 2.67. The molecule has 0 nitrogen and oxygen atoms in total. The molecule has 0 spiro atoms. The molecule has 33 rings (SSSR count). The van der Waals surface area contributed by atoms with Crippen LogP contribution in [0.5, 0.6) is 0 Å². The van der Waals surface area contributed by atoms with Gasteiger partial charge in [-0.25, -0.2) is 0 Å². The third-order valence-electron chi connectivity index (χ3n) is 28.4. The highest BCUT2D eigenvalue weighted by atomic mass is 14.5. The minimum absolute atomic E-state index is 0.107. The number of fused-ring (bicyclic) bond motifs is 14. The molecule has 0 amide bonds. The van der Waals surface area contributed by atoms with E-state index in [-0.39, 0.29) is 23.7 Å². The highest BCUT2D eigenvalue weighted by molar-refractivity contribution is 6.69. The van der Waals surface area contributed by atoms with Gasteiger partial charge in [0, 0.05) is 23.7 Å². The Kier molecular flexibility index (Phi) is 5.25. The van der Waals surface area contributed by atoms with E-state index in [0.29, 0.717) is 0 Å². The van der Waals surface area contributed by atoms with Gasteiger partial charge in [0.05, 0.1) is 0 Å². The molecule has 0 heterocycles. The molecule has 27 aromatic rings. The van der Waals surface area contributed by atoms with Gasteiger partial charge in [-0.2, -0.15) is 0 Å². The number of hydrogen-bond acceptors (Lipinski definition) is 0. The molecule has 27 aromatic carbocycles. The number of benzene rings is 27. The first-order valence-electron chi connectivity index (χ1n) is 34.4. The SMILES string of the molecule is C1=CC2c3ccc4c5ccc6c7c5c5c8c9c%10c%11c%12c%13c(cc%14cccc%15c%14c%13c%13c%11c%11c%14c(ccc%16c%17ccccc%17c%15c%13c%16%14)c%13ccc%14c%15cccc%16c%17cc%18cccc%19c(c%20c3c4c5c3c%20c(c%18%19)c%17c4c(c%15%16)c5c%14c%13c%11c%10c5c8c43)C2C=C1)-c1cccc-6c1C%12C79. The van der Waals surface area contributed by atoms with Crippen molar-refractivity contribution in [2.24, 2.45) is 0 Å². The van der Waals surface area contributed by atoms with Gasteiger partial charge in [-0.3, -0.25) is 0 Å². The lowest BCUT2D eigenvalue weighted by Crippen LogP contribution is -2.28. The van der Waals surface area contributed by atoms with Gasteiger partial charge >= 0.3 is 0 Å². The Bertz CT molecular complexity index is 8760. The number of hydrogen-bond donors (Lipinski definition) is 0. The smallest absolute Gasteiger partial charge is 0.0225 e. The Hall–Kier alpha value is -11.7. The third kappa shape index (κ3) is 3.31.